The van der Waals surface area contributed by atoms with Gasteiger partial charge >= 0.3 is 0 Å². The lowest BCUT2D eigenvalue weighted by molar-refractivity contribution is 0.707. The maximum Gasteiger partial charge on any atom is 0.0200 e. The number of rotatable bonds is 2. The normalized spacial score (nSPS) is 18.1. The zero-order chi connectivity index (χ0) is 31.1. The lowest BCUT2D eigenvalue weighted by Gasteiger charge is -2.26. The molecule has 8 aromatic carbocycles. The van der Waals surface area contributed by atoms with Gasteiger partial charge in [0.2, 0.25) is 0 Å². The van der Waals surface area contributed by atoms with Crippen molar-refractivity contribution >= 4 is 54.2 Å². The molecule has 0 bridgehead atoms. The van der Waals surface area contributed by atoms with Gasteiger partial charge in [0.1, 0.15) is 0 Å². The lowest BCUT2D eigenvalue weighted by Crippen LogP contribution is -2.14. The van der Waals surface area contributed by atoms with Crippen LogP contribution in [0.1, 0.15) is 11.1 Å². The van der Waals surface area contributed by atoms with Crippen LogP contribution in [0.3, 0.4) is 0 Å². The summed E-state index contributed by atoms with van der Waals surface area (Å²) in [5.74, 6) is 0.720. The van der Waals surface area contributed by atoms with Crippen molar-refractivity contribution in [2.75, 3.05) is 0 Å². The van der Waals surface area contributed by atoms with E-state index in [1.165, 1.54) is 110 Å². The highest BCUT2D eigenvalue weighted by molar-refractivity contribution is 6.33. The molecule has 2 unspecified atom stereocenters. The van der Waals surface area contributed by atoms with Crippen molar-refractivity contribution in [2.45, 2.75) is 0 Å². The molecule has 0 aliphatic heterocycles. The van der Waals surface area contributed by atoms with E-state index in [4.69, 9.17) is 0 Å². The molecule has 12 rings (SSSR count). The Labute approximate surface area is 278 Å². The zero-order valence-corrected chi connectivity index (χ0v) is 26.2. The molecule has 0 fully saturated rings. The van der Waals surface area contributed by atoms with Crippen molar-refractivity contribution in [2.24, 2.45) is 11.8 Å². The van der Waals surface area contributed by atoms with Gasteiger partial charge in [-0.2, -0.15) is 0 Å². The average molecular weight is 605 g/mol. The number of fused-ring (bicyclic) bond motifs is 7. The zero-order valence-electron chi connectivity index (χ0n) is 26.2. The molecule has 0 nitrogen and oxygen atoms in total. The number of benzene rings is 8. The molecule has 0 aromatic heterocycles. The van der Waals surface area contributed by atoms with Crippen molar-refractivity contribution in [3.63, 3.8) is 0 Å². The Bertz CT molecular complexity index is 2860. The standard InChI is InChI=1S/C48H28/c1-3-10-28(11-4-1)43-39-25-36-33-23-22-31-21-20-30-14-7-17-32-24-38(46(33)45(31)41(30)32)37(36)26-40(39)44(29-12-5-2-6-13-29)48-35-19-9-16-27-15-8-18-34(42(27)35)47(43)48/h1-27,42H. The predicted octanol–water partition coefficient (Wildman–Crippen LogP) is 12.9. The summed E-state index contributed by atoms with van der Waals surface area (Å²) in [7, 11) is 0. The molecule has 0 heterocycles. The summed E-state index contributed by atoms with van der Waals surface area (Å²) in [4.78, 5) is 0. The second kappa shape index (κ2) is 8.88. The quantitative estimate of drug-likeness (QED) is 0.172. The third kappa shape index (κ3) is 3.02. The van der Waals surface area contributed by atoms with E-state index in [-0.39, 0.29) is 0 Å². The molecule has 4 aliphatic rings. The monoisotopic (exact) mass is 604 g/mol. The summed E-state index contributed by atoms with van der Waals surface area (Å²) < 4.78 is 0. The first-order valence-electron chi connectivity index (χ1n) is 17.1. The Morgan fingerprint density at radius 3 is 1.58 bits per heavy atom. The molecule has 0 saturated heterocycles. The molecule has 48 heavy (non-hydrogen) atoms. The van der Waals surface area contributed by atoms with Crippen LogP contribution in [0.5, 0.6) is 0 Å². The fourth-order valence-corrected chi connectivity index (χ4v) is 9.78. The van der Waals surface area contributed by atoms with E-state index in [1.807, 2.05) is 0 Å². The van der Waals surface area contributed by atoms with Crippen LogP contribution < -0.4 is 0 Å². The van der Waals surface area contributed by atoms with Gasteiger partial charge < -0.3 is 0 Å². The topological polar surface area (TPSA) is 0 Å². The van der Waals surface area contributed by atoms with E-state index in [9.17, 15) is 0 Å². The van der Waals surface area contributed by atoms with Crippen LogP contribution in [-0.2, 0) is 0 Å². The second-order valence-electron chi connectivity index (χ2n) is 13.9. The first kappa shape index (κ1) is 25.2. The molecular formula is C48H28. The molecule has 0 heteroatoms. The van der Waals surface area contributed by atoms with Gasteiger partial charge in [0.15, 0.2) is 0 Å². The van der Waals surface area contributed by atoms with Gasteiger partial charge in [0.25, 0.3) is 0 Å². The molecule has 0 radical (unpaired) electrons. The highest BCUT2D eigenvalue weighted by atomic mass is 14.4. The second-order valence-corrected chi connectivity index (χ2v) is 13.9. The minimum absolute atomic E-state index is 0.343. The number of allylic oxidation sites excluding steroid dienone is 8. The third-order valence-corrected chi connectivity index (χ3v) is 11.6. The van der Waals surface area contributed by atoms with Gasteiger partial charge in [-0.05, 0) is 128 Å². The van der Waals surface area contributed by atoms with Gasteiger partial charge in [-0.1, -0.05) is 140 Å². The van der Waals surface area contributed by atoms with Crippen LogP contribution in [0, 0.1) is 11.8 Å². The molecule has 2 atom stereocenters. The van der Waals surface area contributed by atoms with Gasteiger partial charge in [0, 0.05) is 11.8 Å². The Hall–Kier alpha value is -5.98. The maximum absolute atomic E-state index is 2.55. The largest absolute Gasteiger partial charge is 0.0767 e. The molecule has 4 aliphatic carbocycles. The van der Waals surface area contributed by atoms with E-state index in [2.05, 4.69) is 158 Å². The van der Waals surface area contributed by atoms with Crippen LogP contribution in [0.2, 0.25) is 0 Å². The Balaban J connectivity index is 1.30. The maximum atomic E-state index is 2.55. The first-order valence-corrected chi connectivity index (χ1v) is 17.1. The average Bonchev–Trinajstić information content (AvgIpc) is 3.64. The molecule has 0 saturated carbocycles. The van der Waals surface area contributed by atoms with Crippen LogP contribution in [-0.4, -0.2) is 0 Å². The first-order chi connectivity index (χ1) is 23.8. The van der Waals surface area contributed by atoms with Crippen molar-refractivity contribution in [3.8, 4) is 44.5 Å². The van der Waals surface area contributed by atoms with Crippen molar-refractivity contribution < 1.29 is 0 Å². The summed E-state index contributed by atoms with van der Waals surface area (Å²) in [5.41, 5.74) is 16.4. The van der Waals surface area contributed by atoms with Crippen molar-refractivity contribution in [1.29, 1.82) is 0 Å². The lowest BCUT2D eigenvalue weighted by atomic mass is 9.77. The Morgan fingerprint density at radius 1 is 0.375 bits per heavy atom. The number of hydrogen-bond donors (Lipinski definition) is 0. The fourth-order valence-electron chi connectivity index (χ4n) is 9.78. The van der Waals surface area contributed by atoms with Gasteiger partial charge in [-0.3, -0.25) is 0 Å². The fraction of sp³-hybridized carbons (Fsp3) is 0.0417. The van der Waals surface area contributed by atoms with Crippen LogP contribution in [0.15, 0.2) is 158 Å². The van der Waals surface area contributed by atoms with E-state index in [1.54, 1.807) is 0 Å². The Kier molecular flexibility index (Phi) is 4.65. The predicted molar refractivity (Wildman–Crippen MR) is 204 cm³/mol. The van der Waals surface area contributed by atoms with Crippen LogP contribution in [0.4, 0.5) is 0 Å². The third-order valence-electron chi connectivity index (χ3n) is 11.6. The molecule has 8 aromatic rings. The molecule has 0 amide bonds. The van der Waals surface area contributed by atoms with Crippen LogP contribution in [0.25, 0.3) is 98.7 Å². The van der Waals surface area contributed by atoms with Gasteiger partial charge in [-0.25, -0.2) is 0 Å². The van der Waals surface area contributed by atoms with E-state index in [0.717, 1.165) is 0 Å². The minimum Gasteiger partial charge on any atom is -0.0767 e. The van der Waals surface area contributed by atoms with Crippen molar-refractivity contribution in [3.05, 3.63) is 169 Å². The van der Waals surface area contributed by atoms with Gasteiger partial charge in [0.05, 0.1) is 0 Å². The Morgan fingerprint density at radius 2 is 0.938 bits per heavy atom. The summed E-state index contributed by atoms with van der Waals surface area (Å²) in [6.45, 7) is 0. The van der Waals surface area contributed by atoms with E-state index < -0.39 is 0 Å². The molecule has 0 spiro atoms. The van der Waals surface area contributed by atoms with Crippen LogP contribution >= 0.6 is 0 Å². The van der Waals surface area contributed by atoms with E-state index in [0.29, 0.717) is 11.8 Å². The summed E-state index contributed by atoms with van der Waals surface area (Å²) in [6, 6.07) is 45.9. The summed E-state index contributed by atoms with van der Waals surface area (Å²) in [6.07, 6.45) is 14.1. The smallest absolute Gasteiger partial charge is 0.0200 e. The SMILES string of the molecule is C1=CC2C=CC=C3c4c(c(-c5ccccc5)c5cc6c(cc5c4-c4ccccc4)-c4cc5cccc7ccc8ccc-6c4c8c75)C(=C1)C32. The van der Waals surface area contributed by atoms with Gasteiger partial charge in [-0.15, -0.1) is 0 Å². The highest BCUT2D eigenvalue weighted by Gasteiger charge is 2.42. The highest BCUT2D eigenvalue weighted by Crippen LogP contribution is 2.61. The minimum atomic E-state index is 0.343. The molecule has 220 valence electrons. The molecule has 0 N–H and O–H groups in total. The molecular weight excluding hydrogens is 577 g/mol. The number of hydrogen-bond acceptors (Lipinski definition) is 0. The van der Waals surface area contributed by atoms with Crippen molar-refractivity contribution in [1.82, 2.24) is 0 Å². The summed E-state index contributed by atoms with van der Waals surface area (Å²) in [5, 5.41) is 10.8. The summed E-state index contributed by atoms with van der Waals surface area (Å²) >= 11 is 0. The van der Waals surface area contributed by atoms with E-state index >= 15 is 0 Å².